The van der Waals surface area contributed by atoms with E-state index in [4.69, 9.17) is 15.6 Å². The fraction of sp³-hybridized carbons (Fsp3) is 0.810. The largest absolute Gasteiger partial charge is 0.466 e. The van der Waals surface area contributed by atoms with E-state index in [1.807, 2.05) is 0 Å². The molecule has 1 aromatic heterocycles. The number of carbonyl (C=O) groups is 3. The zero-order valence-electron chi connectivity index (χ0n) is 19.7. The number of fused-ring (bicyclic) bond motifs is 1. The van der Waals surface area contributed by atoms with Gasteiger partial charge in [0.25, 0.3) is 0 Å². The summed E-state index contributed by atoms with van der Waals surface area (Å²) in [5.74, 6) is -0.653. The van der Waals surface area contributed by atoms with E-state index >= 15 is 0 Å². The van der Waals surface area contributed by atoms with E-state index in [2.05, 4.69) is 25.9 Å². The maximum Gasteiger partial charge on any atom is 0.348 e. The van der Waals surface area contributed by atoms with Gasteiger partial charge in [-0.2, -0.15) is 5.21 Å². The predicted octanol–water partition coefficient (Wildman–Crippen LogP) is 0.955. The smallest absolute Gasteiger partial charge is 0.348 e. The van der Waals surface area contributed by atoms with Crippen molar-refractivity contribution in [3.63, 3.8) is 0 Å². The summed E-state index contributed by atoms with van der Waals surface area (Å²) in [5.41, 5.74) is 0. The van der Waals surface area contributed by atoms with Crippen LogP contribution in [0.2, 0.25) is 0 Å². The van der Waals surface area contributed by atoms with Crippen molar-refractivity contribution in [3.8, 4) is 0 Å². The Hall–Kier alpha value is -2.56. The molecule has 0 bridgehead atoms. The molecule has 0 spiro atoms. The minimum absolute atomic E-state index is 0.0784. The number of rotatable bonds is 10. The average Bonchev–Trinajstić information content (AvgIpc) is 3.31. The first-order valence-electron chi connectivity index (χ1n) is 11.8. The Morgan fingerprint density at radius 3 is 2.69 bits per heavy atom. The first kappa shape index (κ1) is 22.6. The minimum atomic E-state index is -1.68. The lowest BCUT2D eigenvalue weighted by Crippen LogP contribution is -2.51. The number of tetrazole rings is 1. The molecule has 32 heavy (non-hydrogen) atoms. The average molecular weight is 453 g/mol. The number of hydrogen-bond donors (Lipinski definition) is 2. The molecular formula is C21H33N5O6. The van der Waals surface area contributed by atoms with Crippen LogP contribution in [0, 0.1) is 17.8 Å². The molecule has 0 aromatic carbocycles. The lowest BCUT2D eigenvalue weighted by Gasteiger charge is -2.42. The molecule has 178 valence electrons. The number of H-pyrrole nitrogens is 1. The second kappa shape index (κ2) is 11.9. The molecule has 2 heterocycles. The standard InChI is InChI=1S/C21H33N5O6/c1-3-30-19(27)11-17(21(29)31-4-2)32-20(28)16-10-15-9-13(5-7-14(15)12-22-16)6-8-18-23-25-26-24-18/h13-17,22H,3-12H2,1-2H3,(H,23,24,25,26)/t13-,14+,15-,16+,17+/m1/s1/i16D. The quantitative estimate of drug-likeness (QED) is 0.389. The molecule has 1 saturated heterocycles. The molecule has 1 aromatic rings. The van der Waals surface area contributed by atoms with Crippen LogP contribution in [0.5, 0.6) is 0 Å². The van der Waals surface area contributed by atoms with Crippen LogP contribution in [-0.2, 0) is 35.0 Å². The molecular weight excluding hydrogens is 418 g/mol. The van der Waals surface area contributed by atoms with E-state index in [1.165, 1.54) is 0 Å². The zero-order valence-corrected chi connectivity index (χ0v) is 18.7. The number of aryl methyl sites for hydroxylation is 1. The van der Waals surface area contributed by atoms with Crippen LogP contribution in [-0.4, -0.2) is 70.4 Å². The highest BCUT2D eigenvalue weighted by Gasteiger charge is 2.39. The Bertz CT molecular complexity index is 809. The molecule has 5 atom stereocenters. The number of aromatic amines is 1. The highest BCUT2D eigenvalue weighted by atomic mass is 16.6. The number of aromatic nitrogens is 4. The first-order valence-corrected chi connectivity index (χ1v) is 11.3. The van der Waals surface area contributed by atoms with Crippen LogP contribution in [0.3, 0.4) is 0 Å². The summed E-state index contributed by atoms with van der Waals surface area (Å²) in [6.07, 6.45) is 3.07. The molecule has 11 nitrogen and oxygen atoms in total. The third-order valence-corrected chi connectivity index (χ3v) is 6.16. The molecule has 11 heteroatoms. The minimum Gasteiger partial charge on any atom is -0.466 e. The number of ether oxygens (including phenoxy) is 3. The van der Waals surface area contributed by atoms with Crippen molar-refractivity contribution in [1.82, 2.24) is 25.9 Å². The van der Waals surface area contributed by atoms with Crippen LogP contribution in [0.25, 0.3) is 0 Å². The molecule has 3 rings (SSSR count). The number of carbonyl (C=O) groups excluding carboxylic acids is 3. The molecule has 1 saturated carbocycles. The highest BCUT2D eigenvalue weighted by Crippen LogP contribution is 2.40. The van der Waals surface area contributed by atoms with Gasteiger partial charge in [0.05, 0.1) is 21.0 Å². The molecule has 2 N–H and O–H groups in total. The topological polar surface area (TPSA) is 145 Å². The lowest BCUT2D eigenvalue weighted by molar-refractivity contribution is -0.173. The Balaban J connectivity index is 1.59. The van der Waals surface area contributed by atoms with E-state index in [1.54, 1.807) is 13.8 Å². The Morgan fingerprint density at radius 2 is 1.97 bits per heavy atom. The maximum atomic E-state index is 13.0. The van der Waals surface area contributed by atoms with Crippen molar-refractivity contribution >= 4 is 17.9 Å². The molecule has 0 amide bonds. The van der Waals surface area contributed by atoms with Crippen molar-refractivity contribution in [2.75, 3.05) is 19.8 Å². The first-order chi connectivity index (χ1) is 15.8. The SMILES string of the molecule is [2H][C@@]1(C(=O)O[C@@H](CC(=O)OCC)C(=O)OCC)C[C@H]2C[C@@H](CCc3nn[nH]n3)CC[C@H]2CN1. The summed E-state index contributed by atoms with van der Waals surface area (Å²) in [7, 11) is 0. The maximum absolute atomic E-state index is 13.0. The van der Waals surface area contributed by atoms with Gasteiger partial charge in [0.1, 0.15) is 6.02 Å². The van der Waals surface area contributed by atoms with Gasteiger partial charge in [-0.15, -0.1) is 10.2 Å². The van der Waals surface area contributed by atoms with Gasteiger partial charge in [0.15, 0.2) is 5.82 Å². The normalized spacial score (nSPS) is 28.7. The summed E-state index contributed by atoms with van der Waals surface area (Å²) in [6, 6.07) is -1.68. The molecule has 0 radical (unpaired) electrons. The van der Waals surface area contributed by atoms with Crippen molar-refractivity contribution in [2.45, 2.75) is 70.9 Å². The summed E-state index contributed by atoms with van der Waals surface area (Å²) < 4.78 is 23.9. The van der Waals surface area contributed by atoms with Gasteiger partial charge in [-0.05, 0) is 63.8 Å². The number of hydrogen-bond acceptors (Lipinski definition) is 10. The van der Waals surface area contributed by atoms with Gasteiger partial charge in [-0.1, -0.05) is 11.6 Å². The Kier molecular flexibility index (Phi) is 8.41. The van der Waals surface area contributed by atoms with E-state index in [0.717, 1.165) is 32.1 Å². The molecule has 2 aliphatic rings. The predicted molar refractivity (Wildman–Crippen MR) is 111 cm³/mol. The molecule has 2 fully saturated rings. The van der Waals surface area contributed by atoms with Crippen molar-refractivity contribution in [1.29, 1.82) is 0 Å². The van der Waals surface area contributed by atoms with E-state index in [-0.39, 0.29) is 25.6 Å². The summed E-state index contributed by atoms with van der Waals surface area (Å²) in [6.45, 7) is 4.01. The van der Waals surface area contributed by atoms with Gasteiger partial charge in [0.2, 0.25) is 6.10 Å². The summed E-state index contributed by atoms with van der Waals surface area (Å²) in [5, 5.41) is 17.0. The monoisotopic (exact) mass is 452 g/mol. The van der Waals surface area contributed by atoms with Crippen molar-refractivity contribution in [2.24, 2.45) is 17.8 Å². The molecule has 0 unspecified atom stereocenters. The number of nitrogens with one attached hydrogen (secondary N) is 2. The Labute approximate surface area is 188 Å². The molecule has 1 aliphatic heterocycles. The van der Waals surface area contributed by atoms with Gasteiger partial charge >= 0.3 is 17.9 Å². The van der Waals surface area contributed by atoms with Gasteiger partial charge in [-0.25, -0.2) is 4.79 Å². The van der Waals surface area contributed by atoms with Crippen LogP contribution in [0.15, 0.2) is 0 Å². The number of piperidine rings is 1. The molecule has 1 aliphatic carbocycles. The van der Waals surface area contributed by atoms with Crippen molar-refractivity contribution in [3.05, 3.63) is 5.82 Å². The third kappa shape index (κ3) is 6.72. The Morgan fingerprint density at radius 1 is 1.16 bits per heavy atom. The van der Waals surface area contributed by atoms with Gasteiger partial charge in [-0.3, -0.25) is 9.59 Å². The second-order valence-corrected chi connectivity index (χ2v) is 8.28. The zero-order chi connectivity index (χ0) is 23.8. The number of esters is 3. The number of nitrogens with zero attached hydrogens (tertiary/aromatic N) is 3. The second-order valence-electron chi connectivity index (χ2n) is 8.28. The van der Waals surface area contributed by atoms with E-state index < -0.39 is 36.5 Å². The van der Waals surface area contributed by atoms with E-state index in [9.17, 15) is 14.4 Å². The van der Waals surface area contributed by atoms with Crippen LogP contribution >= 0.6 is 0 Å². The highest BCUT2D eigenvalue weighted by molar-refractivity contribution is 5.85. The van der Waals surface area contributed by atoms with Crippen LogP contribution in [0.1, 0.15) is 59.6 Å². The lowest BCUT2D eigenvalue weighted by atomic mass is 9.69. The van der Waals surface area contributed by atoms with Gasteiger partial charge < -0.3 is 19.5 Å². The van der Waals surface area contributed by atoms with Crippen LogP contribution in [0.4, 0.5) is 0 Å². The third-order valence-electron chi connectivity index (χ3n) is 6.16. The van der Waals surface area contributed by atoms with Crippen LogP contribution < -0.4 is 5.32 Å². The fourth-order valence-corrected chi connectivity index (χ4v) is 4.55. The summed E-state index contributed by atoms with van der Waals surface area (Å²) >= 11 is 0. The fourth-order valence-electron chi connectivity index (χ4n) is 4.55. The summed E-state index contributed by atoms with van der Waals surface area (Å²) in [4.78, 5) is 37.1. The van der Waals surface area contributed by atoms with Crippen molar-refractivity contribution < 1.29 is 30.0 Å². The van der Waals surface area contributed by atoms with E-state index in [0.29, 0.717) is 24.2 Å². The van der Waals surface area contributed by atoms with Gasteiger partial charge in [0, 0.05) is 6.42 Å².